The van der Waals surface area contributed by atoms with Gasteiger partial charge in [-0.25, -0.2) is 4.68 Å². The predicted octanol–water partition coefficient (Wildman–Crippen LogP) is 3.42. The minimum absolute atomic E-state index is 0.0267. The summed E-state index contributed by atoms with van der Waals surface area (Å²) in [7, 11) is -0.424. The van der Waals surface area contributed by atoms with E-state index in [0.717, 1.165) is 46.9 Å². The van der Waals surface area contributed by atoms with Gasteiger partial charge in [-0.1, -0.05) is 12.1 Å². The Morgan fingerprint density at radius 3 is 2.62 bits per heavy atom. The van der Waals surface area contributed by atoms with Crippen molar-refractivity contribution in [2.24, 2.45) is 0 Å². The largest absolute Gasteiger partial charge is 0.495 e. The molecule has 2 aliphatic heterocycles. The molecule has 0 radical (unpaired) electrons. The highest BCUT2D eigenvalue weighted by molar-refractivity contribution is 6.65. The first kappa shape index (κ1) is 18.8. The molecule has 2 fully saturated rings. The minimum atomic E-state index is -0.424. The Hall–Kier alpha value is -2.16. The molecule has 2 saturated heterocycles. The number of rotatable bonds is 3. The van der Waals surface area contributed by atoms with Crippen LogP contribution in [0.25, 0.3) is 22.0 Å². The molecule has 152 valence electrons. The molecule has 29 heavy (non-hydrogen) atoms. The molecule has 7 nitrogen and oxygen atoms in total. The summed E-state index contributed by atoms with van der Waals surface area (Å²) < 4.78 is 20.3. The molecule has 4 heterocycles. The number of H-pyrrole nitrogens is 1. The Morgan fingerprint density at radius 1 is 1.10 bits per heavy atom. The van der Waals surface area contributed by atoms with E-state index >= 15 is 0 Å². The van der Waals surface area contributed by atoms with Crippen LogP contribution in [0.5, 0.6) is 0 Å². The summed E-state index contributed by atoms with van der Waals surface area (Å²) in [5, 5.41) is 13.0. The molecule has 3 aromatic rings. The third-order valence-corrected chi connectivity index (χ3v) is 6.52. The summed E-state index contributed by atoms with van der Waals surface area (Å²) in [4.78, 5) is 0. The van der Waals surface area contributed by atoms with E-state index in [2.05, 4.69) is 61.3 Å². The van der Waals surface area contributed by atoms with E-state index in [1.807, 2.05) is 17.1 Å². The second kappa shape index (κ2) is 6.69. The number of benzene rings is 1. The van der Waals surface area contributed by atoms with E-state index in [9.17, 15) is 0 Å². The lowest BCUT2D eigenvalue weighted by molar-refractivity contribution is -0.0394. The van der Waals surface area contributed by atoms with Crippen LogP contribution in [-0.4, -0.2) is 44.9 Å². The zero-order valence-electron chi connectivity index (χ0n) is 17.4. The number of aromatic amines is 1. The number of hydrogen-bond donors (Lipinski definition) is 1. The van der Waals surface area contributed by atoms with Gasteiger partial charge in [-0.2, -0.15) is 10.2 Å². The third kappa shape index (κ3) is 3.10. The second-order valence-electron chi connectivity index (χ2n) is 8.98. The van der Waals surface area contributed by atoms with Gasteiger partial charge in [0, 0.05) is 29.3 Å². The Labute approximate surface area is 170 Å². The maximum absolute atomic E-state index is 6.26. The van der Waals surface area contributed by atoms with Crippen LogP contribution in [0, 0.1) is 0 Å². The quantitative estimate of drug-likeness (QED) is 0.689. The minimum Gasteiger partial charge on any atom is -0.399 e. The summed E-state index contributed by atoms with van der Waals surface area (Å²) >= 11 is 0. The number of ether oxygens (including phenoxy) is 1. The smallest absolute Gasteiger partial charge is 0.399 e. The van der Waals surface area contributed by atoms with Crippen LogP contribution in [0.1, 0.15) is 53.2 Å². The SMILES string of the molecule is CC1(C)OB(c2ccc(-c3cnn(C4CCCCO4)c3)c3[nH]ncc23)OC1(C)C. The van der Waals surface area contributed by atoms with Crippen molar-refractivity contribution < 1.29 is 14.0 Å². The zero-order chi connectivity index (χ0) is 20.2. The lowest BCUT2D eigenvalue weighted by Crippen LogP contribution is -2.41. The van der Waals surface area contributed by atoms with E-state index in [1.165, 1.54) is 6.42 Å². The maximum atomic E-state index is 6.26. The van der Waals surface area contributed by atoms with Crippen molar-refractivity contribution in [3.8, 4) is 11.1 Å². The van der Waals surface area contributed by atoms with Gasteiger partial charge in [0.1, 0.15) is 6.23 Å². The van der Waals surface area contributed by atoms with Crippen molar-refractivity contribution in [3.63, 3.8) is 0 Å². The van der Waals surface area contributed by atoms with Gasteiger partial charge in [-0.3, -0.25) is 5.10 Å². The monoisotopic (exact) mass is 394 g/mol. The average molecular weight is 394 g/mol. The van der Waals surface area contributed by atoms with E-state index < -0.39 is 7.12 Å². The molecule has 2 aliphatic rings. The van der Waals surface area contributed by atoms with Gasteiger partial charge in [0.2, 0.25) is 0 Å². The first-order valence-electron chi connectivity index (χ1n) is 10.3. The van der Waals surface area contributed by atoms with Crippen molar-refractivity contribution in [1.82, 2.24) is 20.0 Å². The molecule has 0 bridgehead atoms. The van der Waals surface area contributed by atoms with E-state index in [0.29, 0.717) is 0 Å². The molecule has 1 atom stereocenters. The molecule has 1 aromatic carbocycles. The Balaban J connectivity index is 1.50. The predicted molar refractivity (Wildman–Crippen MR) is 112 cm³/mol. The van der Waals surface area contributed by atoms with Gasteiger partial charge in [0.15, 0.2) is 0 Å². The lowest BCUT2D eigenvalue weighted by atomic mass is 9.76. The fourth-order valence-electron chi connectivity index (χ4n) is 4.04. The fourth-order valence-corrected chi connectivity index (χ4v) is 4.04. The van der Waals surface area contributed by atoms with Gasteiger partial charge in [-0.15, -0.1) is 0 Å². The van der Waals surface area contributed by atoms with Crippen LogP contribution in [0.15, 0.2) is 30.7 Å². The summed E-state index contributed by atoms with van der Waals surface area (Å²) in [6.45, 7) is 9.06. The molecule has 8 heteroatoms. The van der Waals surface area contributed by atoms with Crippen LogP contribution < -0.4 is 5.46 Å². The lowest BCUT2D eigenvalue weighted by Gasteiger charge is -2.32. The molecule has 0 saturated carbocycles. The molecule has 0 amide bonds. The summed E-state index contributed by atoms with van der Waals surface area (Å²) in [6.07, 6.45) is 9.11. The molecule has 0 aliphatic carbocycles. The molecule has 5 rings (SSSR count). The summed E-state index contributed by atoms with van der Waals surface area (Å²) in [6, 6.07) is 4.16. The molecule has 1 unspecified atom stereocenters. The summed E-state index contributed by atoms with van der Waals surface area (Å²) in [5.74, 6) is 0. The van der Waals surface area contributed by atoms with Crippen LogP contribution in [-0.2, 0) is 14.0 Å². The van der Waals surface area contributed by atoms with Gasteiger partial charge >= 0.3 is 7.12 Å². The standard InChI is InChI=1S/C21H27BN4O3/c1-20(2)21(3,4)29-22(28-20)17-9-8-15(19-16(17)12-23-25-19)14-11-24-26(13-14)18-7-5-6-10-27-18/h8-9,11-13,18H,5-7,10H2,1-4H3,(H,23,25). The van der Waals surface area contributed by atoms with E-state index in [4.69, 9.17) is 14.0 Å². The van der Waals surface area contributed by atoms with Crippen molar-refractivity contribution in [1.29, 1.82) is 0 Å². The highest BCUT2D eigenvalue weighted by Crippen LogP contribution is 2.37. The topological polar surface area (TPSA) is 74.2 Å². The number of hydrogen-bond acceptors (Lipinski definition) is 5. The van der Waals surface area contributed by atoms with Crippen LogP contribution in [0.4, 0.5) is 0 Å². The molecule has 2 aromatic heterocycles. The van der Waals surface area contributed by atoms with Gasteiger partial charge in [0.05, 0.1) is 29.1 Å². The Morgan fingerprint density at radius 2 is 1.90 bits per heavy atom. The van der Waals surface area contributed by atoms with E-state index in [-0.39, 0.29) is 17.4 Å². The number of nitrogens with zero attached hydrogens (tertiary/aromatic N) is 3. The highest BCUT2D eigenvalue weighted by atomic mass is 16.7. The molecular formula is C21H27BN4O3. The van der Waals surface area contributed by atoms with Crippen molar-refractivity contribution in [2.75, 3.05) is 6.61 Å². The molecule has 0 spiro atoms. The maximum Gasteiger partial charge on any atom is 0.495 e. The number of nitrogens with one attached hydrogen (secondary N) is 1. The second-order valence-corrected chi connectivity index (χ2v) is 8.98. The highest BCUT2D eigenvalue weighted by Gasteiger charge is 2.52. The third-order valence-electron chi connectivity index (χ3n) is 6.52. The number of aromatic nitrogens is 4. The fraction of sp³-hybridized carbons (Fsp3) is 0.524. The van der Waals surface area contributed by atoms with Crippen molar-refractivity contribution in [2.45, 2.75) is 64.4 Å². The normalized spacial score (nSPS) is 23.7. The zero-order valence-corrected chi connectivity index (χ0v) is 17.4. The number of fused-ring (bicyclic) bond motifs is 1. The Bertz CT molecular complexity index is 1020. The van der Waals surface area contributed by atoms with Gasteiger partial charge in [-0.05, 0) is 52.4 Å². The van der Waals surface area contributed by atoms with Crippen molar-refractivity contribution in [3.05, 3.63) is 30.7 Å². The van der Waals surface area contributed by atoms with E-state index in [1.54, 1.807) is 0 Å². The van der Waals surface area contributed by atoms with Crippen molar-refractivity contribution >= 4 is 23.5 Å². The first-order chi connectivity index (χ1) is 13.9. The van der Waals surface area contributed by atoms with Crippen LogP contribution in [0.2, 0.25) is 0 Å². The molecule has 1 N–H and O–H groups in total. The van der Waals surface area contributed by atoms with Crippen LogP contribution >= 0.6 is 0 Å². The molecular weight excluding hydrogens is 367 g/mol. The average Bonchev–Trinajstić information content (AvgIpc) is 3.40. The summed E-state index contributed by atoms with van der Waals surface area (Å²) in [5.41, 5.74) is 3.27. The van der Waals surface area contributed by atoms with Crippen LogP contribution in [0.3, 0.4) is 0 Å². The first-order valence-corrected chi connectivity index (χ1v) is 10.3. The van der Waals surface area contributed by atoms with Gasteiger partial charge < -0.3 is 14.0 Å². The Kier molecular flexibility index (Phi) is 4.35. The van der Waals surface area contributed by atoms with Gasteiger partial charge in [0.25, 0.3) is 0 Å².